The highest BCUT2D eigenvalue weighted by Crippen LogP contribution is 2.43. The molecule has 0 aliphatic carbocycles. The molecule has 0 aliphatic heterocycles. The molecule has 0 bridgehead atoms. The minimum atomic E-state index is 0.886. The molecule has 0 amide bonds. The van der Waals surface area contributed by atoms with Crippen LogP contribution in [0.3, 0.4) is 0 Å². The number of para-hydroxylation sites is 2. The van der Waals surface area contributed by atoms with Crippen LogP contribution < -0.4 is 4.90 Å². The normalized spacial score (nSPS) is 11.3. The van der Waals surface area contributed by atoms with Crippen molar-refractivity contribution in [3.8, 4) is 66.8 Å². The molecule has 0 saturated heterocycles. The molecule has 0 atom stereocenters. The van der Waals surface area contributed by atoms with Crippen LogP contribution in [0.2, 0.25) is 0 Å². The molecule has 1 aromatic heterocycles. The van der Waals surface area contributed by atoms with Gasteiger partial charge in [0, 0.05) is 39.0 Å². The van der Waals surface area contributed by atoms with Crippen molar-refractivity contribution >= 4 is 49.8 Å². The van der Waals surface area contributed by atoms with E-state index in [2.05, 4.69) is 266 Å². The Kier molecular flexibility index (Phi) is 9.89. The summed E-state index contributed by atoms with van der Waals surface area (Å²) in [5, 5.41) is 4.70. The van der Waals surface area contributed by atoms with Gasteiger partial charge in [-0.2, -0.15) is 0 Å². The largest absolute Gasteiger partial charge is 0.455 e. The predicted octanol–water partition coefficient (Wildman–Crippen LogP) is 18.2. The molecular weight excluding hydrogens is 799 g/mol. The van der Waals surface area contributed by atoms with Gasteiger partial charge in [-0.1, -0.05) is 218 Å². The molecule has 1 heterocycles. The van der Waals surface area contributed by atoms with E-state index in [1.807, 2.05) is 0 Å². The van der Waals surface area contributed by atoms with Crippen molar-refractivity contribution in [3.63, 3.8) is 0 Å². The lowest BCUT2D eigenvalue weighted by atomic mass is 9.91. The SMILES string of the molecule is c1ccc(-c2ccc(-c3ccc(N(c4ccc(-c5cccc6ccccc56)cc4)c4cccc(-c5cccc6c5oc5c(-c7ccccc7)cccc56)c4)cc3)cc2-c2ccccc2)cc1. The molecule has 0 spiro atoms. The van der Waals surface area contributed by atoms with Gasteiger partial charge in [-0.05, 0) is 109 Å². The first-order valence-electron chi connectivity index (χ1n) is 22.6. The van der Waals surface area contributed by atoms with Crippen LogP contribution in [0, 0.1) is 0 Å². The van der Waals surface area contributed by atoms with E-state index < -0.39 is 0 Å². The van der Waals surface area contributed by atoms with Crippen LogP contribution in [-0.2, 0) is 0 Å². The zero-order valence-electron chi connectivity index (χ0n) is 36.2. The lowest BCUT2D eigenvalue weighted by molar-refractivity contribution is 0.671. The number of anilines is 3. The smallest absolute Gasteiger partial charge is 0.143 e. The first kappa shape index (κ1) is 38.9. The van der Waals surface area contributed by atoms with E-state index >= 15 is 0 Å². The van der Waals surface area contributed by atoms with Crippen LogP contribution >= 0.6 is 0 Å². The van der Waals surface area contributed by atoms with Crippen LogP contribution in [0.1, 0.15) is 0 Å². The molecule has 0 saturated carbocycles. The van der Waals surface area contributed by atoms with E-state index in [1.165, 1.54) is 49.7 Å². The molecule has 310 valence electrons. The number of fused-ring (bicyclic) bond motifs is 4. The molecule has 66 heavy (non-hydrogen) atoms. The zero-order chi connectivity index (χ0) is 43.8. The van der Waals surface area contributed by atoms with Crippen molar-refractivity contribution < 1.29 is 4.42 Å². The first-order chi connectivity index (χ1) is 32.7. The molecule has 0 aliphatic rings. The third-order valence-corrected chi connectivity index (χ3v) is 12.9. The van der Waals surface area contributed by atoms with E-state index in [0.29, 0.717) is 0 Å². The molecule has 2 heteroatoms. The maximum Gasteiger partial charge on any atom is 0.143 e. The molecule has 12 rings (SSSR count). The third kappa shape index (κ3) is 7.12. The van der Waals surface area contributed by atoms with Crippen molar-refractivity contribution in [1.29, 1.82) is 0 Å². The predicted molar refractivity (Wildman–Crippen MR) is 279 cm³/mol. The summed E-state index contributed by atoms with van der Waals surface area (Å²) in [6, 6.07) is 93.7. The number of rotatable bonds is 9. The molecule has 2 nitrogen and oxygen atoms in total. The minimum Gasteiger partial charge on any atom is -0.455 e. The van der Waals surface area contributed by atoms with Gasteiger partial charge in [-0.3, -0.25) is 0 Å². The number of hydrogen-bond donors (Lipinski definition) is 0. The van der Waals surface area contributed by atoms with Gasteiger partial charge in [0.1, 0.15) is 11.2 Å². The Labute approximate surface area is 384 Å². The summed E-state index contributed by atoms with van der Waals surface area (Å²) < 4.78 is 6.89. The second kappa shape index (κ2) is 16.8. The Bertz CT molecular complexity index is 3660. The summed E-state index contributed by atoms with van der Waals surface area (Å²) in [6.45, 7) is 0. The van der Waals surface area contributed by atoms with Crippen molar-refractivity contribution in [2.24, 2.45) is 0 Å². The number of benzene rings is 11. The minimum absolute atomic E-state index is 0.886. The van der Waals surface area contributed by atoms with Gasteiger partial charge in [0.15, 0.2) is 0 Å². The van der Waals surface area contributed by atoms with Gasteiger partial charge in [-0.15, -0.1) is 0 Å². The van der Waals surface area contributed by atoms with E-state index in [0.717, 1.165) is 66.8 Å². The number of furan rings is 1. The van der Waals surface area contributed by atoms with Crippen LogP contribution in [0.4, 0.5) is 17.1 Å². The lowest BCUT2D eigenvalue weighted by Gasteiger charge is -2.26. The van der Waals surface area contributed by atoms with Crippen molar-refractivity contribution in [2.75, 3.05) is 4.90 Å². The van der Waals surface area contributed by atoms with E-state index in [1.54, 1.807) is 0 Å². The third-order valence-electron chi connectivity index (χ3n) is 12.9. The molecule has 11 aromatic carbocycles. The van der Waals surface area contributed by atoms with Crippen LogP contribution in [0.15, 0.2) is 265 Å². The van der Waals surface area contributed by atoms with Crippen LogP contribution in [0.25, 0.3) is 99.5 Å². The Morgan fingerprint density at radius 2 is 0.667 bits per heavy atom. The average Bonchev–Trinajstić information content (AvgIpc) is 3.79. The fraction of sp³-hybridized carbons (Fsp3) is 0. The summed E-state index contributed by atoms with van der Waals surface area (Å²) in [6.07, 6.45) is 0. The van der Waals surface area contributed by atoms with Gasteiger partial charge in [0.05, 0.1) is 0 Å². The topological polar surface area (TPSA) is 16.4 Å². The highest BCUT2D eigenvalue weighted by atomic mass is 16.3. The standard InChI is InChI=1S/C64H43NO/c1-4-16-45(17-5-1)57-41-36-50(43-62(57)48-20-8-3-9-21-48)44-32-37-52(38-33-44)65(53-39-34-49(35-40-53)56-27-13-23-46-22-10-11-26-55(46)56)54-25-12-24-51(42-54)59-29-15-31-61-60-30-14-28-58(63(60)66-64(59)61)47-18-6-2-7-19-47/h1-43H. The Balaban J connectivity index is 0.967. The Morgan fingerprint density at radius 3 is 1.32 bits per heavy atom. The van der Waals surface area contributed by atoms with Gasteiger partial charge in [0.25, 0.3) is 0 Å². The number of hydrogen-bond acceptors (Lipinski definition) is 2. The highest BCUT2D eigenvalue weighted by Gasteiger charge is 2.19. The molecule has 0 N–H and O–H groups in total. The quantitative estimate of drug-likeness (QED) is 0.144. The average molecular weight is 842 g/mol. The lowest BCUT2D eigenvalue weighted by Crippen LogP contribution is -2.10. The molecule has 0 unspecified atom stereocenters. The molecule has 0 fully saturated rings. The van der Waals surface area contributed by atoms with Crippen LogP contribution in [-0.4, -0.2) is 0 Å². The fourth-order valence-electron chi connectivity index (χ4n) is 9.67. The summed E-state index contributed by atoms with van der Waals surface area (Å²) in [7, 11) is 0. The van der Waals surface area contributed by atoms with Gasteiger partial charge >= 0.3 is 0 Å². The summed E-state index contributed by atoms with van der Waals surface area (Å²) in [5.74, 6) is 0. The number of nitrogens with zero attached hydrogens (tertiary/aromatic N) is 1. The molecule has 12 aromatic rings. The maximum absolute atomic E-state index is 6.89. The van der Waals surface area contributed by atoms with Gasteiger partial charge in [0.2, 0.25) is 0 Å². The van der Waals surface area contributed by atoms with Crippen molar-refractivity contribution in [2.45, 2.75) is 0 Å². The maximum atomic E-state index is 6.89. The van der Waals surface area contributed by atoms with Gasteiger partial charge in [-0.25, -0.2) is 0 Å². The molecule has 0 radical (unpaired) electrons. The second-order valence-electron chi connectivity index (χ2n) is 16.8. The highest BCUT2D eigenvalue weighted by molar-refractivity contribution is 6.13. The van der Waals surface area contributed by atoms with E-state index in [9.17, 15) is 0 Å². The van der Waals surface area contributed by atoms with Crippen molar-refractivity contribution in [3.05, 3.63) is 261 Å². The summed E-state index contributed by atoms with van der Waals surface area (Å²) >= 11 is 0. The summed E-state index contributed by atoms with van der Waals surface area (Å²) in [5.41, 5.74) is 18.9. The van der Waals surface area contributed by atoms with Gasteiger partial charge < -0.3 is 9.32 Å². The van der Waals surface area contributed by atoms with Crippen LogP contribution in [0.5, 0.6) is 0 Å². The Hall–Kier alpha value is -8.72. The zero-order valence-corrected chi connectivity index (χ0v) is 36.2. The monoisotopic (exact) mass is 841 g/mol. The first-order valence-corrected chi connectivity index (χ1v) is 22.6. The van der Waals surface area contributed by atoms with E-state index in [4.69, 9.17) is 4.42 Å². The van der Waals surface area contributed by atoms with Crippen molar-refractivity contribution in [1.82, 2.24) is 0 Å². The molecular formula is C64H43NO. The summed E-state index contributed by atoms with van der Waals surface area (Å²) in [4.78, 5) is 2.36. The Morgan fingerprint density at radius 1 is 0.227 bits per heavy atom. The fourth-order valence-corrected chi connectivity index (χ4v) is 9.67. The van der Waals surface area contributed by atoms with E-state index in [-0.39, 0.29) is 0 Å². The second-order valence-corrected chi connectivity index (χ2v) is 16.8.